The molecule has 1 amide bonds. The third-order valence-corrected chi connectivity index (χ3v) is 3.36. The molecule has 1 aromatic rings. The van der Waals surface area contributed by atoms with E-state index in [9.17, 15) is 4.79 Å². The van der Waals surface area contributed by atoms with Crippen molar-refractivity contribution < 1.29 is 4.79 Å². The van der Waals surface area contributed by atoms with E-state index in [1.54, 1.807) is 0 Å². The summed E-state index contributed by atoms with van der Waals surface area (Å²) in [6, 6.07) is 8.02. The number of carbonyl (C=O) groups excluding carboxylic acids is 1. The number of piperazine rings is 1. The zero-order valence-corrected chi connectivity index (χ0v) is 11.1. The second-order valence-electron chi connectivity index (χ2n) is 4.94. The molecule has 0 spiro atoms. The van der Waals surface area contributed by atoms with Gasteiger partial charge in [-0.15, -0.1) is 0 Å². The second kappa shape index (κ2) is 5.98. The van der Waals surface area contributed by atoms with Gasteiger partial charge in [0.05, 0.1) is 0 Å². The van der Waals surface area contributed by atoms with E-state index in [1.807, 2.05) is 31.2 Å². The van der Waals surface area contributed by atoms with Crippen molar-refractivity contribution in [2.45, 2.75) is 13.0 Å². The van der Waals surface area contributed by atoms with Gasteiger partial charge in [-0.2, -0.15) is 0 Å². The van der Waals surface area contributed by atoms with Gasteiger partial charge in [0.15, 0.2) is 0 Å². The van der Waals surface area contributed by atoms with Gasteiger partial charge < -0.3 is 15.5 Å². The highest BCUT2D eigenvalue weighted by molar-refractivity contribution is 5.95. The first kappa shape index (κ1) is 13.1. The lowest BCUT2D eigenvalue weighted by atomic mass is 10.1. The number of likely N-dealkylation sites (N-methyl/N-ethyl adjacent to an activating group) is 1. The molecule has 1 aromatic carbocycles. The van der Waals surface area contributed by atoms with E-state index in [4.69, 9.17) is 0 Å². The molecular weight excluding hydrogens is 226 g/mol. The Kier molecular flexibility index (Phi) is 4.33. The molecule has 98 valence electrons. The van der Waals surface area contributed by atoms with E-state index in [1.165, 1.54) is 0 Å². The summed E-state index contributed by atoms with van der Waals surface area (Å²) in [4.78, 5) is 14.3. The molecule has 2 N–H and O–H groups in total. The minimum atomic E-state index is 0.0168. The maximum Gasteiger partial charge on any atom is 0.251 e. The molecule has 0 bridgehead atoms. The minimum Gasteiger partial charge on any atom is -0.350 e. The Hall–Kier alpha value is -1.39. The van der Waals surface area contributed by atoms with Crippen LogP contribution in [0.1, 0.15) is 15.9 Å². The maximum absolute atomic E-state index is 12.0. The zero-order valence-electron chi connectivity index (χ0n) is 11.1. The Bertz CT molecular complexity index is 419. The van der Waals surface area contributed by atoms with E-state index >= 15 is 0 Å². The highest BCUT2D eigenvalue weighted by Gasteiger charge is 2.17. The van der Waals surface area contributed by atoms with Crippen LogP contribution < -0.4 is 10.6 Å². The van der Waals surface area contributed by atoms with Crippen molar-refractivity contribution in [3.8, 4) is 0 Å². The van der Waals surface area contributed by atoms with E-state index < -0.39 is 0 Å². The van der Waals surface area contributed by atoms with Crippen LogP contribution in [0.25, 0.3) is 0 Å². The van der Waals surface area contributed by atoms with Gasteiger partial charge in [-0.3, -0.25) is 4.79 Å². The Morgan fingerprint density at radius 3 is 3.00 bits per heavy atom. The van der Waals surface area contributed by atoms with E-state index in [0.717, 1.165) is 30.8 Å². The van der Waals surface area contributed by atoms with Gasteiger partial charge in [-0.1, -0.05) is 18.2 Å². The summed E-state index contributed by atoms with van der Waals surface area (Å²) in [7, 11) is 2.11. The lowest BCUT2D eigenvalue weighted by Crippen LogP contribution is -2.53. The molecule has 1 fully saturated rings. The fraction of sp³-hybridized carbons (Fsp3) is 0.500. The highest BCUT2D eigenvalue weighted by Crippen LogP contribution is 2.06. The molecule has 1 atom stereocenters. The standard InChI is InChI=1S/C14H21N3O/c1-11-5-3-4-6-13(11)14(18)16-9-12-10-17(2)8-7-15-12/h3-6,12,15H,7-10H2,1-2H3,(H,16,18). The SMILES string of the molecule is Cc1ccccc1C(=O)NCC1CN(C)CCN1. The molecule has 1 aliphatic heterocycles. The number of nitrogens with one attached hydrogen (secondary N) is 2. The van der Waals surface area contributed by atoms with Crippen molar-refractivity contribution in [1.82, 2.24) is 15.5 Å². The molecule has 0 aliphatic carbocycles. The van der Waals surface area contributed by atoms with Crippen LogP contribution >= 0.6 is 0 Å². The van der Waals surface area contributed by atoms with Crippen molar-refractivity contribution in [2.24, 2.45) is 0 Å². The van der Waals surface area contributed by atoms with Crippen molar-refractivity contribution in [3.05, 3.63) is 35.4 Å². The number of hydrogen-bond acceptors (Lipinski definition) is 3. The number of nitrogens with zero attached hydrogens (tertiary/aromatic N) is 1. The first-order valence-electron chi connectivity index (χ1n) is 6.42. The molecule has 0 radical (unpaired) electrons. The van der Waals surface area contributed by atoms with Crippen LogP contribution in [0.4, 0.5) is 0 Å². The number of hydrogen-bond donors (Lipinski definition) is 2. The summed E-state index contributed by atoms with van der Waals surface area (Å²) in [6.45, 7) is 5.68. The Labute approximate surface area is 108 Å². The van der Waals surface area contributed by atoms with Crippen LogP contribution in [0.5, 0.6) is 0 Å². The molecule has 2 rings (SSSR count). The number of carbonyl (C=O) groups is 1. The third kappa shape index (κ3) is 3.31. The number of benzene rings is 1. The second-order valence-corrected chi connectivity index (χ2v) is 4.94. The average Bonchev–Trinajstić information content (AvgIpc) is 2.37. The quantitative estimate of drug-likeness (QED) is 0.823. The van der Waals surface area contributed by atoms with E-state index in [0.29, 0.717) is 12.6 Å². The summed E-state index contributed by atoms with van der Waals surface area (Å²) >= 11 is 0. The largest absolute Gasteiger partial charge is 0.350 e. The van der Waals surface area contributed by atoms with Gasteiger partial charge in [0.2, 0.25) is 0 Å². The normalized spacial score (nSPS) is 20.7. The number of aryl methyl sites for hydroxylation is 1. The lowest BCUT2D eigenvalue weighted by molar-refractivity contribution is 0.0943. The molecule has 1 unspecified atom stereocenters. The Balaban J connectivity index is 1.87. The molecule has 1 aliphatic rings. The number of amides is 1. The summed E-state index contributed by atoms with van der Waals surface area (Å²) in [5.74, 6) is 0.0168. The number of rotatable bonds is 3. The maximum atomic E-state index is 12.0. The Morgan fingerprint density at radius 2 is 2.28 bits per heavy atom. The predicted molar refractivity (Wildman–Crippen MR) is 72.8 cm³/mol. The van der Waals surface area contributed by atoms with Gasteiger partial charge in [-0.05, 0) is 25.6 Å². The fourth-order valence-electron chi connectivity index (χ4n) is 2.27. The van der Waals surface area contributed by atoms with E-state index in [2.05, 4.69) is 22.6 Å². The van der Waals surface area contributed by atoms with Crippen LogP contribution in [0.2, 0.25) is 0 Å². The lowest BCUT2D eigenvalue weighted by Gasteiger charge is -2.31. The van der Waals surface area contributed by atoms with Crippen LogP contribution in [-0.4, -0.2) is 50.1 Å². The monoisotopic (exact) mass is 247 g/mol. The van der Waals surface area contributed by atoms with Crippen molar-refractivity contribution >= 4 is 5.91 Å². The van der Waals surface area contributed by atoms with Gasteiger partial charge in [0.1, 0.15) is 0 Å². The van der Waals surface area contributed by atoms with Crippen LogP contribution in [0, 0.1) is 6.92 Å². The van der Waals surface area contributed by atoms with Gasteiger partial charge in [0, 0.05) is 37.8 Å². The first-order valence-corrected chi connectivity index (χ1v) is 6.42. The third-order valence-electron chi connectivity index (χ3n) is 3.36. The average molecular weight is 247 g/mol. The van der Waals surface area contributed by atoms with E-state index in [-0.39, 0.29) is 5.91 Å². The summed E-state index contributed by atoms with van der Waals surface area (Å²) in [5, 5.41) is 6.42. The zero-order chi connectivity index (χ0) is 13.0. The van der Waals surface area contributed by atoms with Crippen molar-refractivity contribution in [3.63, 3.8) is 0 Å². The summed E-state index contributed by atoms with van der Waals surface area (Å²) in [6.07, 6.45) is 0. The highest BCUT2D eigenvalue weighted by atomic mass is 16.1. The van der Waals surface area contributed by atoms with Gasteiger partial charge >= 0.3 is 0 Å². The fourth-order valence-corrected chi connectivity index (χ4v) is 2.27. The molecule has 4 nitrogen and oxygen atoms in total. The molecule has 1 heterocycles. The predicted octanol–water partition coefficient (Wildman–Crippen LogP) is 0.628. The van der Waals surface area contributed by atoms with Gasteiger partial charge in [-0.25, -0.2) is 0 Å². The smallest absolute Gasteiger partial charge is 0.251 e. The topological polar surface area (TPSA) is 44.4 Å². The van der Waals surface area contributed by atoms with Crippen LogP contribution in [0.3, 0.4) is 0 Å². The molecule has 4 heteroatoms. The molecule has 1 saturated heterocycles. The summed E-state index contributed by atoms with van der Waals surface area (Å²) < 4.78 is 0. The van der Waals surface area contributed by atoms with Crippen molar-refractivity contribution in [2.75, 3.05) is 33.2 Å². The molecule has 0 aromatic heterocycles. The molecular formula is C14H21N3O. The van der Waals surface area contributed by atoms with Crippen LogP contribution in [0.15, 0.2) is 24.3 Å². The van der Waals surface area contributed by atoms with Crippen molar-refractivity contribution in [1.29, 1.82) is 0 Å². The molecule has 18 heavy (non-hydrogen) atoms. The minimum absolute atomic E-state index is 0.0168. The van der Waals surface area contributed by atoms with Crippen LogP contribution in [-0.2, 0) is 0 Å². The summed E-state index contributed by atoms with van der Waals surface area (Å²) in [5.41, 5.74) is 1.78. The first-order chi connectivity index (χ1) is 8.66. The van der Waals surface area contributed by atoms with Gasteiger partial charge in [0.25, 0.3) is 5.91 Å². The molecule has 0 saturated carbocycles. The Morgan fingerprint density at radius 1 is 1.50 bits per heavy atom.